The first kappa shape index (κ1) is 16.5. The maximum absolute atomic E-state index is 12.3. The highest BCUT2D eigenvalue weighted by Gasteiger charge is 2.29. The lowest BCUT2D eigenvalue weighted by molar-refractivity contribution is -0.140. The number of carbonyl (C=O) groups excluding carboxylic acids is 3. The van der Waals surface area contributed by atoms with Gasteiger partial charge >= 0.3 is 0 Å². The average molecular weight is 308 g/mol. The van der Waals surface area contributed by atoms with Gasteiger partial charge in [0, 0.05) is 44.9 Å². The zero-order valence-corrected chi connectivity index (χ0v) is 13.3. The normalized spacial score (nSPS) is 19.0. The Morgan fingerprint density at radius 2 is 1.68 bits per heavy atom. The lowest BCUT2D eigenvalue weighted by Gasteiger charge is -2.36. The van der Waals surface area contributed by atoms with Gasteiger partial charge in [-0.1, -0.05) is 13.8 Å². The Balaban J connectivity index is 1.88. The molecule has 0 atom stereocenters. The first-order valence-corrected chi connectivity index (χ1v) is 8.00. The lowest BCUT2D eigenvalue weighted by Crippen LogP contribution is -2.53. The molecule has 7 heteroatoms. The zero-order valence-electron chi connectivity index (χ0n) is 13.3. The summed E-state index contributed by atoms with van der Waals surface area (Å²) in [5, 5.41) is 3.84. The highest BCUT2D eigenvalue weighted by molar-refractivity contribution is 6.39. The molecule has 0 unspecified atom stereocenters. The van der Waals surface area contributed by atoms with Crippen LogP contribution in [0.5, 0.6) is 0 Å². The number of rotatable bonds is 4. The van der Waals surface area contributed by atoms with Gasteiger partial charge in [-0.15, -0.1) is 0 Å². The average Bonchev–Trinajstić information content (AvgIpc) is 2.56. The number of hydrogen-bond acceptors (Lipinski definition) is 4. The minimum atomic E-state index is -0.155. The quantitative estimate of drug-likeness (QED) is 0.814. The molecule has 2 aliphatic rings. The number of carbonyl (C=O) groups is 3. The predicted octanol–water partition coefficient (Wildman–Crippen LogP) is 0.359. The Bertz CT molecular complexity index is 477. The van der Waals surface area contributed by atoms with Gasteiger partial charge in [-0.2, -0.15) is 5.10 Å². The molecule has 2 heterocycles. The molecule has 7 nitrogen and oxygen atoms in total. The summed E-state index contributed by atoms with van der Waals surface area (Å²) >= 11 is 0. The van der Waals surface area contributed by atoms with E-state index >= 15 is 0 Å². The smallest absolute Gasteiger partial charge is 0.270 e. The van der Waals surface area contributed by atoms with Crippen LogP contribution in [0.1, 0.15) is 39.5 Å². The molecular formula is C15H24N4O3. The van der Waals surface area contributed by atoms with Crippen LogP contribution in [-0.2, 0) is 14.4 Å². The number of hydrogen-bond donors (Lipinski definition) is 1. The van der Waals surface area contributed by atoms with E-state index in [0.29, 0.717) is 44.7 Å². The topological polar surface area (TPSA) is 82.1 Å². The number of piperazine rings is 1. The van der Waals surface area contributed by atoms with E-state index in [1.54, 1.807) is 4.90 Å². The Labute approximate surface area is 130 Å². The molecular weight excluding hydrogens is 284 g/mol. The molecule has 122 valence electrons. The molecule has 2 aliphatic heterocycles. The van der Waals surface area contributed by atoms with E-state index in [1.807, 2.05) is 18.7 Å². The molecule has 0 aliphatic carbocycles. The number of nitrogens with one attached hydrogen (secondary N) is 1. The Kier molecular flexibility index (Phi) is 5.51. The van der Waals surface area contributed by atoms with Crippen LogP contribution < -0.4 is 5.43 Å². The van der Waals surface area contributed by atoms with Crippen molar-refractivity contribution >= 4 is 23.4 Å². The Morgan fingerprint density at radius 1 is 1.09 bits per heavy atom. The van der Waals surface area contributed by atoms with E-state index < -0.39 is 0 Å². The SMILES string of the molecule is CCC(CC)C(=O)N1CCN(C(=O)C2=NNC(=O)CC2)CC1. The van der Waals surface area contributed by atoms with Crippen LogP contribution in [0.2, 0.25) is 0 Å². The maximum atomic E-state index is 12.3. The summed E-state index contributed by atoms with van der Waals surface area (Å²) in [6.07, 6.45) is 2.39. The van der Waals surface area contributed by atoms with E-state index in [-0.39, 0.29) is 23.6 Å². The summed E-state index contributed by atoms with van der Waals surface area (Å²) in [4.78, 5) is 39.3. The van der Waals surface area contributed by atoms with Crippen LogP contribution >= 0.6 is 0 Å². The third-order valence-electron chi connectivity index (χ3n) is 4.36. The van der Waals surface area contributed by atoms with E-state index in [2.05, 4.69) is 10.5 Å². The maximum Gasteiger partial charge on any atom is 0.270 e. The second-order valence-corrected chi connectivity index (χ2v) is 5.72. The van der Waals surface area contributed by atoms with Gasteiger partial charge in [0.1, 0.15) is 5.71 Å². The molecule has 1 saturated heterocycles. The van der Waals surface area contributed by atoms with Crippen LogP contribution in [0.25, 0.3) is 0 Å². The van der Waals surface area contributed by atoms with Crippen molar-refractivity contribution in [3.05, 3.63) is 0 Å². The molecule has 0 aromatic carbocycles. The fraction of sp³-hybridized carbons (Fsp3) is 0.733. The minimum absolute atomic E-state index is 0.0835. The highest BCUT2D eigenvalue weighted by atomic mass is 16.2. The molecule has 1 fully saturated rings. The van der Waals surface area contributed by atoms with E-state index in [1.165, 1.54) is 0 Å². The molecule has 0 saturated carbocycles. The summed E-state index contributed by atoms with van der Waals surface area (Å²) in [7, 11) is 0. The minimum Gasteiger partial charge on any atom is -0.339 e. The van der Waals surface area contributed by atoms with Gasteiger partial charge in [0.2, 0.25) is 11.8 Å². The van der Waals surface area contributed by atoms with Crippen molar-refractivity contribution in [2.45, 2.75) is 39.5 Å². The molecule has 22 heavy (non-hydrogen) atoms. The summed E-state index contributed by atoms with van der Waals surface area (Å²) in [6, 6.07) is 0. The van der Waals surface area contributed by atoms with Crippen molar-refractivity contribution in [1.29, 1.82) is 0 Å². The monoisotopic (exact) mass is 308 g/mol. The molecule has 0 radical (unpaired) electrons. The Morgan fingerprint density at radius 3 is 2.18 bits per heavy atom. The summed E-state index contributed by atoms with van der Waals surface area (Å²) < 4.78 is 0. The molecule has 0 spiro atoms. The van der Waals surface area contributed by atoms with Crippen molar-refractivity contribution < 1.29 is 14.4 Å². The van der Waals surface area contributed by atoms with Gasteiger partial charge in [0.05, 0.1) is 0 Å². The van der Waals surface area contributed by atoms with Crippen molar-refractivity contribution in [2.24, 2.45) is 11.0 Å². The van der Waals surface area contributed by atoms with Gasteiger partial charge < -0.3 is 9.80 Å². The fourth-order valence-corrected chi connectivity index (χ4v) is 2.84. The van der Waals surface area contributed by atoms with Gasteiger partial charge in [-0.3, -0.25) is 14.4 Å². The Hall–Kier alpha value is -1.92. The van der Waals surface area contributed by atoms with Crippen molar-refractivity contribution in [3.8, 4) is 0 Å². The van der Waals surface area contributed by atoms with Crippen molar-refractivity contribution in [2.75, 3.05) is 26.2 Å². The van der Waals surface area contributed by atoms with Gasteiger partial charge in [0.25, 0.3) is 5.91 Å². The molecule has 0 aromatic heterocycles. The summed E-state index contributed by atoms with van der Waals surface area (Å²) in [5.41, 5.74) is 2.75. The molecule has 3 amide bonds. The van der Waals surface area contributed by atoms with Crippen LogP contribution in [0.3, 0.4) is 0 Å². The van der Waals surface area contributed by atoms with Crippen LogP contribution in [0.15, 0.2) is 5.10 Å². The molecule has 1 N–H and O–H groups in total. The van der Waals surface area contributed by atoms with E-state index in [0.717, 1.165) is 12.8 Å². The predicted molar refractivity (Wildman–Crippen MR) is 82.0 cm³/mol. The third kappa shape index (κ3) is 3.64. The van der Waals surface area contributed by atoms with Crippen molar-refractivity contribution in [3.63, 3.8) is 0 Å². The third-order valence-corrected chi connectivity index (χ3v) is 4.36. The first-order chi connectivity index (χ1) is 10.6. The largest absolute Gasteiger partial charge is 0.339 e. The number of amides is 3. The van der Waals surface area contributed by atoms with E-state index in [4.69, 9.17) is 0 Å². The van der Waals surface area contributed by atoms with Crippen molar-refractivity contribution in [1.82, 2.24) is 15.2 Å². The number of hydrazone groups is 1. The first-order valence-electron chi connectivity index (χ1n) is 8.00. The zero-order chi connectivity index (χ0) is 16.1. The second-order valence-electron chi connectivity index (χ2n) is 5.72. The molecule has 2 rings (SSSR count). The second kappa shape index (κ2) is 7.38. The highest BCUT2D eigenvalue weighted by Crippen LogP contribution is 2.14. The summed E-state index contributed by atoms with van der Waals surface area (Å²) in [6.45, 7) is 6.25. The molecule has 0 aromatic rings. The molecule has 0 bridgehead atoms. The van der Waals surface area contributed by atoms with Crippen LogP contribution in [-0.4, -0.2) is 59.4 Å². The number of nitrogens with zero attached hydrogens (tertiary/aromatic N) is 3. The fourth-order valence-electron chi connectivity index (χ4n) is 2.84. The van der Waals surface area contributed by atoms with Crippen LogP contribution in [0, 0.1) is 5.92 Å². The van der Waals surface area contributed by atoms with E-state index in [9.17, 15) is 14.4 Å². The van der Waals surface area contributed by atoms with Crippen LogP contribution in [0.4, 0.5) is 0 Å². The standard InChI is InChI=1S/C15H24N4O3/c1-3-11(4-2)14(21)18-7-9-19(10-8-18)15(22)12-5-6-13(20)17-16-12/h11H,3-10H2,1-2H3,(H,17,20). The lowest BCUT2D eigenvalue weighted by atomic mass is 10.0. The van der Waals surface area contributed by atoms with Gasteiger partial charge in [-0.25, -0.2) is 5.43 Å². The van der Waals surface area contributed by atoms with Gasteiger partial charge in [-0.05, 0) is 12.8 Å². The summed E-state index contributed by atoms with van der Waals surface area (Å²) in [5.74, 6) is -0.00803. The van der Waals surface area contributed by atoms with Gasteiger partial charge in [0.15, 0.2) is 0 Å².